The number of aromatic nitrogens is 1. The maximum Gasteiger partial charge on any atom is 0.338 e. The number of H-pyrrole nitrogens is 1. The molecule has 0 unspecified atom stereocenters. The molecule has 4 aromatic rings. The van der Waals surface area contributed by atoms with E-state index in [0.29, 0.717) is 25.2 Å². The van der Waals surface area contributed by atoms with Crippen LogP contribution in [0.5, 0.6) is 5.75 Å². The van der Waals surface area contributed by atoms with E-state index < -0.39 is 0 Å². The van der Waals surface area contributed by atoms with E-state index in [0.717, 1.165) is 33.5 Å². The fraction of sp³-hybridized carbons (Fsp3) is 0.160. The van der Waals surface area contributed by atoms with Crippen LogP contribution in [-0.2, 0) is 17.8 Å². The van der Waals surface area contributed by atoms with Gasteiger partial charge < -0.3 is 14.5 Å². The van der Waals surface area contributed by atoms with Gasteiger partial charge in [0.25, 0.3) is 0 Å². The Hall–Kier alpha value is -3.53. The second-order valence-corrected chi connectivity index (χ2v) is 6.88. The van der Waals surface area contributed by atoms with Gasteiger partial charge in [-0.3, -0.25) is 0 Å². The Morgan fingerprint density at radius 3 is 2.52 bits per heavy atom. The number of hydrogen-bond acceptors (Lipinski definition) is 3. The molecule has 0 spiro atoms. The molecule has 1 N–H and O–H groups in total. The van der Waals surface area contributed by atoms with Crippen LogP contribution in [0, 0.1) is 0 Å². The molecule has 0 saturated carbocycles. The Morgan fingerprint density at radius 2 is 1.69 bits per heavy atom. The van der Waals surface area contributed by atoms with Crippen molar-refractivity contribution < 1.29 is 14.3 Å². The molecule has 0 amide bonds. The molecule has 0 bridgehead atoms. The van der Waals surface area contributed by atoms with Gasteiger partial charge in [-0.05, 0) is 48.4 Å². The van der Waals surface area contributed by atoms with Crippen LogP contribution in [0.15, 0.2) is 78.9 Å². The Balaban J connectivity index is 1.53. The highest BCUT2D eigenvalue weighted by Crippen LogP contribution is 2.28. The third kappa shape index (κ3) is 4.49. The highest BCUT2D eigenvalue weighted by atomic mass is 16.5. The fourth-order valence-corrected chi connectivity index (χ4v) is 3.38. The largest absolute Gasteiger partial charge is 0.488 e. The minimum absolute atomic E-state index is 0.289. The summed E-state index contributed by atoms with van der Waals surface area (Å²) in [6.07, 6.45) is 0.694. The van der Waals surface area contributed by atoms with E-state index in [-0.39, 0.29) is 5.97 Å². The number of esters is 1. The minimum atomic E-state index is -0.289. The van der Waals surface area contributed by atoms with Crippen molar-refractivity contribution in [1.29, 1.82) is 0 Å². The van der Waals surface area contributed by atoms with Gasteiger partial charge in [0.1, 0.15) is 12.4 Å². The Morgan fingerprint density at radius 1 is 0.897 bits per heavy atom. The van der Waals surface area contributed by atoms with Gasteiger partial charge in [0.2, 0.25) is 0 Å². The zero-order valence-corrected chi connectivity index (χ0v) is 16.4. The summed E-state index contributed by atoms with van der Waals surface area (Å²) in [5, 5.41) is 1.06. The predicted molar refractivity (Wildman–Crippen MR) is 114 cm³/mol. The van der Waals surface area contributed by atoms with Crippen LogP contribution in [0.25, 0.3) is 10.9 Å². The maximum absolute atomic E-state index is 12.0. The number of carbonyl (C=O) groups is 1. The van der Waals surface area contributed by atoms with E-state index in [2.05, 4.69) is 23.2 Å². The summed E-state index contributed by atoms with van der Waals surface area (Å²) in [5.74, 6) is 0.566. The summed E-state index contributed by atoms with van der Waals surface area (Å²) in [4.78, 5) is 15.4. The van der Waals surface area contributed by atoms with E-state index >= 15 is 0 Å². The number of nitrogens with one attached hydrogen (secondary N) is 1. The van der Waals surface area contributed by atoms with Gasteiger partial charge in [-0.2, -0.15) is 0 Å². The van der Waals surface area contributed by atoms with Crippen LogP contribution in [-0.4, -0.2) is 17.6 Å². The van der Waals surface area contributed by atoms with E-state index in [4.69, 9.17) is 9.47 Å². The van der Waals surface area contributed by atoms with Gasteiger partial charge in [0, 0.05) is 23.0 Å². The summed E-state index contributed by atoms with van der Waals surface area (Å²) >= 11 is 0. The Labute approximate surface area is 170 Å². The molecule has 0 aliphatic carbocycles. The molecular formula is C25H23NO3. The van der Waals surface area contributed by atoms with Gasteiger partial charge in [-0.1, -0.05) is 48.5 Å². The van der Waals surface area contributed by atoms with E-state index in [9.17, 15) is 4.79 Å². The molecule has 0 saturated heterocycles. The smallest absolute Gasteiger partial charge is 0.338 e. The molecule has 0 aliphatic rings. The maximum atomic E-state index is 12.0. The van der Waals surface area contributed by atoms with Crippen molar-refractivity contribution in [2.24, 2.45) is 0 Å². The number of fused-ring (bicyclic) bond motifs is 1. The van der Waals surface area contributed by atoms with Crippen molar-refractivity contribution in [3.8, 4) is 5.75 Å². The summed E-state index contributed by atoms with van der Waals surface area (Å²) in [6, 6.07) is 25.8. The zero-order chi connectivity index (χ0) is 20.1. The molecule has 146 valence electrons. The molecule has 0 fully saturated rings. The molecular weight excluding hydrogens is 362 g/mol. The molecule has 0 radical (unpaired) electrons. The van der Waals surface area contributed by atoms with E-state index in [1.807, 2.05) is 61.5 Å². The molecule has 0 aliphatic heterocycles. The molecule has 1 aromatic heterocycles. The van der Waals surface area contributed by atoms with Crippen molar-refractivity contribution >= 4 is 16.9 Å². The number of rotatable bonds is 7. The molecule has 0 atom stereocenters. The molecule has 4 nitrogen and oxygen atoms in total. The van der Waals surface area contributed by atoms with E-state index in [1.165, 1.54) is 0 Å². The van der Waals surface area contributed by atoms with Crippen molar-refractivity contribution in [2.75, 3.05) is 6.61 Å². The lowest BCUT2D eigenvalue weighted by Crippen LogP contribution is -2.05. The molecule has 4 heteroatoms. The van der Waals surface area contributed by atoms with Gasteiger partial charge in [0.15, 0.2) is 0 Å². The lowest BCUT2D eigenvalue weighted by atomic mass is 10.1. The first kappa shape index (κ1) is 18.8. The summed E-state index contributed by atoms with van der Waals surface area (Å²) < 4.78 is 11.2. The normalized spacial score (nSPS) is 10.8. The third-order valence-electron chi connectivity index (χ3n) is 4.75. The second-order valence-electron chi connectivity index (χ2n) is 6.88. The van der Waals surface area contributed by atoms with Crippen LogP contribution in [0.2, 0.25) is 0 Å². The topological polar surface area (TPSA) is 51.3 Å². The lowest BCUT2D eigenvalue weighted by Gasteiger charge is -2.07. The number of aromatic amines is 1. The summed E-state index contributed by atoms with van der Waals surface area (Å²) in [7, 11) is 0. The van der Waals surface area contributed by atoms with Crippen molar-refractivity contribution in [3.63, 3.8) is 0 Å². The van der Waals surface area contributed by atoms with Crippen LogP contribution in [0.4, 0.5) is 0 Å². The standard InChI is InChI=1S/C25H23NO3/c1-2-28-25(27)20-11-6-10-19(14-20)15-21-16-22-23(26-21)12-7-13-24(22)29-17-18-8-4-3-5-9-18/h3-14,16,26H,2,15,17H2,1H3. The minimum Gasteiger partial charge on any atom is -0.488 e. The quantitative estimate of drug-likeness (QED) is 0.427. The van der Waals surface area contributed by atoms with Crippen LogP contribution in [0.3, 0.4) is 0 Å². The summed E-state index contributed by atoms with van der Waals surface area (Å²) in [5.41, 5.74) is 4.86. The van der Waals surface area contributed by atoms with E-state index in [1.54, 1.807) is 6.07 Å². The number of ether oxygens (including phenoxy) is 2. The first-order valence-electron chi connectivity index (χ1n) is 9.76. The highest BCUT2D eigenvalue weighted by molar-refractivity contribution is 5.89. The van der Waals surface area contributed by atoms with Gasteiger partial charge in [-0.15, -0.1) is 0 Å². The fourth-order valence-electron chi connectivity index (χ4n) is 3.38. The SMILES string of the molecule is CCOC(=O)c1cccc(Cc2cc3c(OCc4ccccc4)cccc3[nH]2)c1. The van der Waals surface area contributed by atoms with Gasteiger partial charge in [-0.25, -0.2) is 4.79 Å². The van der Waals surface area contributed by atoms with Crippen molar-refractivity contribution in [1.82, 2.24) is 4.98 Å². The van der Waals surface area contributed by atoms with Gasteiger partial charge >= 0.3 is 5.97 Å². The predicted octanol–water partition coefficient (Wildman–Crippen LogP) is 5.51. The Bertz CT molecular complexity index is 1120. The highest BCUT2D eigenvalue weighted by Gasteiger charge is 2.10. The first-order valence-corrected chi connectivity index (χ1v) is 9.76. The average Bonchev–Trinajstić information content (AvgIpc) is 3.16. The second kappa shape index (κ2) is 8.65. The van der Waals surface area contributed by atoms with Crippen molar-refractivity contribution in [3.05, 3.63) is 101 Å². The number of benzene rings is 3. The molecule has 1 heterocycles. The van der Waals surface area contributed by atoms with Crippen LogP contribution >= 0.6 is 0 Å². The molecule has 4 rings (SSSR count). The lowest BCUT2D eigenvalue weighted by molar-refractivity contribution is 0.0526. The Kier molecular flexibility index (Phi) is 5.61. The van der Waals surface area contributed by atoms with Gasteiger partial charge in [0.05, 0.1) is 12.2 Å². The third-order valence-corrected chi connectivity index (χ3v) is 4.75. The first-order chi connectivity index (χ1) is 14.2. The van der Waals surface area contributed by atoms with Crippen LogP contribution < -0.4 is 4.74 Å². The molecule has 29 heavy (non-hydrogen) atoms. The molecule has 3 aromatic carbocycles. The number of carbonyl (C=O) groups excluding carboxylic acids is 1. The van der Waals surface area contributed by atoms with Crippen molar-refractivity contribution in [2.45, 2.75) is 20.0 Å². The zero-order valence-electron chi connectivity index (χ0n) is 16.4. The monoisotopic (exact) mass is 385 g/mol. The average molecular weight is 385 g/mol. The summed E-state index contributed by atoms with van der Waals surface area (Å²) in [6.45, 7) is 2.71. The van der Waals surface area contributed by atoms with Crippen LogP contribution in [0.1, 0.15) is 34.1 Å². The number of hydrogen-bond donors (Lipinski definition) is 1.